The van der Waals surface area contributed by atoms with Crippen molar-refractivity contribution in [3.8, 4) is 66.8 Å². The fraction of sp³-hybridized carbons (Fsp3) is 0.241. The van der Waals surface area contributed by atoms with Crippen LogP contribution in [0.5, 0.6) is 0 Å². The monoisotopic (exact) mass is 1040 g/mol. The Morgan fingerprint density at radius 1 is 0.312 bits per heavy atom. The van der Waals surface area contributed by atoms with Crippen molar-refractivity contribution in [3.05, 3.63) is 268 Å². The summed E-state index contributed by atoms with van der Waals surface area (Å²) in [7, 11) is 0. The van der Waals surface area contributed by atoms with Gasteiger partial charge < -0.3 is 4.90 Å². The van der Waals surface area contributed by atoms with E-state index in [2.05, 4.69) is 306 Å². The van der Waals surface area contributed by atoms with E-state index in [0.717, 1.165) is 17.1 Å². The van der Waals surface area contributed by atoms with E-state index in [4.69, 9.17) is 0 Å². The smallest absolute Gasteiger partial charge is 0.0725 e. The van der Waals surface area contributed by atoms with Gasteiger partial charge in [-0.05, 0) is 182 Å². The molecule has 4 aliphatic rings. The van der Waals surface area contributed by atoms with E-state index in [1.165, 1.54) is 117 Å². The lowest BCUT2D eigenvalue weighted by atomic mass is 9.53. The zero-order valence-electron chi connectivity index (χ0n) is 48.8. The third-order valence-corrected chi connectivity index (χ3v) is 20.7. The highest BCUT2D eigenvalue weighted by molar-refractivity contribution is 5.97. The van der Waals surface area contributed by atoms with Gasteiger partial charge in [-0.15, -0.1) is 0 Å². The summed E-state index contributed by atoms with van der Waals surface area (Å²) in [5.41, 5.74) is 30.7. The Morgan fingerprint density at radius 2 is 0.637 bits per heavy atom. The fourth-order valence-electron chi connectivity index (χ4n) is 15.6. The summed E-state index contributed by atoms with van der Waals surface area (Å²) >= 11 is 0. The van der Waals surface area contributed by atoms with Gasteiger partial charge in [0, 0.05) is 33.3 Å². The summed E-state index contributed by atoms with van der Waals surface area (Å²) in [4.78, 5) is 2.49. The molecule has 1 spiro atoms. The first-order valence-electron chi connectivity index (χ1n) is 29.2. The average molecular weight is 1040 g/mol. The summed E-state index contributed by atoms with van der Waals surface area (Å²) < 4.78 is 0. The molecule has 4 aliphatic carbocycles. The molecule has 0 aromatic heterocycles. The van der Waals surface area contributed by atoms with Crippen LogP contribution < -0.4 is 4.90 Å². The van der Waals surface area contributed by atoms with Gasteiger partial charge in [0.1, 0.15) is 0 Å². The molecule has 14 rings (SSSR count). The standard InChI is InChI=1S/C79H73N/c1-49(74(2,3)4)78(12,75(5,6)7)54-35-29-50(30-36-54)52-33-41-64-60-23-15-19-27-68(60)79(72(64)45-52)69-28-20-16-24-61(69)65-42-34-53(46-73(65)79)51-31-37-55(38-32-51)80(56-39-43-62-58-21-13-17-25-66(58)76(8,9)70(62)47-56)57-40-44-63-59-22-14-18-26-67(59)77(10,11)71(63)48-57/h13-49H,1-12H3. The molecule has 0 radical (unpaired) electrons. The molecule has 0 aliphatic heterocycles. The molecular formula is C79H73N. The fourth-order valence-corrected chi connectivity index (χ4v) is 15.6. The predicted molar refractivity (Wildman–Crippen MR) is 339 cm³/mol. The number of anilines is 3. The molecule has 0 saturated heterocycles. The molecule has 80 heavy (non-hydrogen) atoms. The second-order valence-electron chi connectivity index (χ2n) is 27.2. The van der Waals surface area contributed by atoms with E-state index in [0.29, 0.717) is 5.92 Å². The Balaban J connectivity index is 0.886. The molecule has 0 saturated carbocycles. The van der Waals surface area contributed by atoms with Gasteiger partial charge in [-0.25, -0.2) is 0 Å². The Hall–Kier alpha value is -8.00. The van der Waals surface area contributed by atoms with Crippen LogP contribution in [-0.2, 0) is 21.7 Å². The SMILES string of the molecule is CC(C(C)(C)C)C(C)(c1ccc(-c2ccc3c(c2)C2(c4ccccc4-c4ccc(-c5ccc(N(c6ccc7c(c6)C(C)(C)c6ccccc6-7)c6ccc7c(c6)C(C)(C)c6ccccc6-7)cc5)cc42)c2ccccc2-3)cc1)C(C)(C)C. The normalized spacial score (nSPS) is 17.6. The van der Waals surface area contributed by atoms with Gasteiger partial charge >= 0.3 is 0 Å². The molecule has 3 unspecified atom stereocenters. The van der Waals surface area contributed by atoms with Crippen molar-refractivity contribution in [2.75, 3.05) is 4.90 Å². The Kier molecular flexibility index (Phi) is 10.8. The van der Waals surface area contributed by atoms with E-state index in [1.54, 1.807) is 0 Å². The molecule has 0 heterocycles. The molecular weight excluding hydrogens is 963 g/mol. The zero-order chi connectivity index (χ0) is 55.5. The first-order valence-corrected chi connectivity index (χ1v) is 29.2. The zero-order valence-corrected chi connectivity index (χ0v) is 48.8. The highest BCUT2D eigenvalue weighted by atomic mass is 15.1. The highest BCUT2D eigenvalue weighted by Gasteiger charge is 2.52. The molecule has 0 fully saturated rings. The lowest BCUT2D eigenvalue weighted by Gasteiger charge is -2.52. The summed E-state index contributed by atoms with van der Waals surface area (Å²) in [6.07, 6.45) is 0. The summed E-state index contributed by atoms with van der Waals surface area (Å²) in [5, 5.41) is 0. The molecule has 0 N–H and O–H groups in total. The lowest BCUT2D eigenvalue weighted by molar-refractivity contribution is 0.0579. The van der Waals surface area contributed by atoms with Gasteiger partial charge in [-0.2, -0.15) is 0 Å². The highest BCUT2D eigenvalue weighted by Crippen LogP contribution is 2.64. The predicted octanol–water partition coefficient (Wildman–Crippen LogP) is 21.4. The van der Waals surface area contributed by atoms with Crippen LogP contribution in [-0.4, -0.2) is 0 Å². The molecule has 1 nitrogen and oxygen atoms in total. The minimum absolute atomic E-state index is 0.0254. The van der Waals surface area contributed by atoms with Crippen LogP contribution in [0.15, 0.2) is 218 Å². The van der Waals surface area contributed by atoms with Crippen LogP contribution >= 0.6 is 0 Å². The van der Waals surface area contributed by atoms with Gasteiger partial charge in [-0.1, -0.05) is 253 Å². The van der Waals surface area contributed by atoms with E-state index in [-0.39, 0.29) is 27.1 Å². The van der Waals surface area contributed by atoms with Crippen molar-refractivity contribution in [3.63, 3.8) is 0 Å². The number of rotatable bonds is 7. The number of fused-ring (bicyclic) bond motifs is 16. The number of hydrogen-bond acceptors (Lipinski definition) is 1. The van der Waals surface area contributed by atoms with Crippen molar-refractivity contribution in [1.82, 2.24) is 0 Å². The second-order valence-corrected chi connectivity index (χ2v) is 27.2. The first-order chi connectivity index (χ1) is 38.2. The minimum atomic E-state index is -0.491. The molecule has 10 aromatic carbocycles. The minimum Gasteiger partial charge on any atom is -0.310 e. The van der Waals surface area contributed by atoms with Crippen molar-refractivity contribution in [2.45, 2.75) is 105 Å². The van der Waals surface area contributed by atoms with Gasteiger partial charge in [0.2, 0.25) is 0 Å². The van der Waals surface area contributed by atoms with Crippen LogP contribution in [0.4, 0.5) is 17.1 Å². The second kappa shape index (κ2) is 17.3. The van der Waals surface area contributed by atoms with Crippen LogP contribution in [0.3, 0.4) is 0 Å². The topological polar surface area (TPSA) is 3.24 Å². The summed E-state index contributed by atoms with van der Waals surface area (Å²) in [5.74, 6) is 0.462. The Labute approximate surface area is 476 Å². The van der Waals surface area contributed by atoms with Crippen molar-refractivity contribution in [1.29, 1.82) is 0 Å². The maximum atomic E-state index is 2.53. The molecule has 0 bridgehead atoms. The quantitative estimate of drug-likeness (QED) is 0.154. The van der Waals surface area contributed by atoms with Crippen LogP contribution in [0, 0.1) is 16.7 Å². The van der Waals surface area contributed by atoms with Gasteiger partial charge in [0.15, 0.2) is 0 Å². The summed E-state index contributed by atoms with van der Waals surface area (Å²) in [6, 6.07) is 84.2. The van der Waals surface area contributed by atoms with Crippen LogP contribution in [0.25, 0.3) is 66.8 Å². The van der Waals surface area contributed by atoms with E-state index >= 15 is 0 Å². The van der Waals surface area contributed by atoms with Crippen molar-refractivity contribution < 1.29 is 0 Å². The maximum Gasteiger partial charge on any atom is 0.0725 e. The molecule has 10 aromatic rings. The van der Waals surface area contributed by atoms with E-state index in [9.17, 15) is 0 Å². The molecule has 1 heteroatoms. The Bertz CT molecular complexity index is 4050. The van der Waals surface area contributed by atoms with Gasteiger partial charge in [-0.3, -0.25) is 0 Å². The number of benzene rings is 10. The Morgan fingerprint density at radius 3 is 1.05 bits per heavy atom. The van der Waals surface area contributed by atoms with E-state index < -0.39 is 5.41 Å². The van der Waals surface area contributed by atoms with Gasteiger partial charge in [0.05, 0.1) is 5.41 Å². The third kappa shape index (κ3) is 6.95. The molecule has 394 valence electrons. The van der Waals surface area contributed by atoms with Crippen LogP contribution in [0.2, 0.25) is 0 Å². The van der Waals surface area contributed by atoms with Crippen molar-refractivity contribution >= 4 is 17.1 Å². The molecule has 3 atom stereocenters. The average Bonchev–Trinajstić information content (AvgIpc) is 4.31. The lowest BCUT2D eigenvalue weighted by Crippen LogP contribution is -2.47. The van der Waals surface area contributed by atoms with E-state index in [1.807, 2.05) is 0 Å². The molecule has 0 amide bonds. The first kappa shape index (κ1) is 50.2. The largest absolute Gasteiger partial charge is 0.310 e. The number of nitrogens with zero attached hydrogens (tertiary/aromatic N) is 1. The van der Waals surface area contributed by atoms with Gasteiger partial charge in [0.25, 0.3) is 0 Å². The maximum absolute atomic E-state index is 2.53. The van der Waals surface area contributed by atoms with Crippen molar-refractivity contribution in [2.24, 2.45) is 16.7 Å². The summed E-state index contributed by atoms with van der Waals surface area (Å²) in [6.45, 7) is 28.9. The third-order valence-electron chi connectivity index (χ3n) is 20.7. The van der Waals surface area contributed by atoms with Crippen LogP contribution in [0.1, 0.15) is 133 Å². The number of hydrogen-bond donors (Lipinski definition) is 0.